The van der Waals surface area contributed by atoms with E-state index in [0.717, 1.165) is 6.42 Å². The van der Waals surface area contributed by atoms with Crippen molar-refractivity contribution in [3.63, 3.8) is 0 Å². The van der Waals surface area contributed by atoms with Gasteiger partial charge in [0.05, 0.1) is 5.00 Å². The van der Waals surface area contributed by atoms with Crippen LogP contribution in [0, 0.1) is 0 Å². The second kappa shape index (κ2) is 1.88. The van der Waals surface area contributed by atoms with Crippen LogP contribution in [0.3, 0.4) is 0 Å². The summed E-state index contributed by atoms with van der Waals surface area (Å²) >= 11 is 1.76. The highest BCUT2D eigenvalue weighted by molar-refractivity contribution is 7.14. The summed E-state index contributed by atoms with van der Waals surface area (Å²) in [7, 11) is 0. The Kier molecular flexibility index (Phi) is 1.06. The Morgan fingerprint density at radius 2 is 2.56 bits per heavy atom. The first-order valence-corrected chi connectivity index (χ1v) is 3.83. The van der Waals surface area contributed by atoms with Crippen molar-refractivity contribution in [2.75, 3.05) is 5.32 Å². The summed E-state index contributed by atoms with van der Waals surface area (Å²) in [6.07, 6.45) is 5.22. The van der Waals surface area contributed by atoms with Crippen molar-refractivity contribution in [3.05, 3.63) is 29.3 Å². The van der Waals surface area contributed by atoms with Gasteiger partial charge in [-0.3, -0.25) is 0 Å². The van der Waals surface area contributed by atoms with Crippen LogP contribution in [0.5, 0.6) is 0 Å². The molecule has 0 unspecified atom stereocenters. The molecular weight excluding hydrogens is 130 g/mol. The SMILES string of the molecule is C1=CNc2sccc2C1. The maximum atomic E-state index is 3.18. The second-order valence-corrected chi connectivity index (χ2v) is 2.94. The smallest absolute Gasteiger partial charge is 0.0957 e. The number of nitrogens with one attached hydrogen (secondary N) is 1. The monoisotopic (exact) mass is 137 g/mol. The molecule has 0 aromatic carbocycles. The van der Waals surface area contributed by atoms with Crippen LogP contribution in [0.1, 0.15) is 5.56 Å². The van der Waals surface area contributed by atoms with E-state index >= 15 is 0 Å². The average molecular weight is 137 g/mol. The molecule has 2 heteroatoms. The van der Waals surface area contributed by atoms with Gasteiger partial charge in [-0.1, -0.05) is 6.08 Å². The Hall–Kier alpha value is -0.760. The first-order chi connectivity index (χ1) is 4.47. The minimum Gasteiger partial charge on any atom is -0.354 e. The molecule has 0 atom stereocenters. The van der Waals surface area contributed by atoms with Crippen LogP contribution in [0.4, 0.5) is 5.00 Å². The van der Waals surface area contributed by atoms with Crippen molar-refractivity contribution in [2.45, 2.75) is 6.42 Å². The standard InChI is InChI=1S/C7H7NS/c1-2-6-3-5-9-7(6)8-4-1/h1,3-5,8H,2H2. The van der Waals surface area contributed by atoms with E-state index in [2.05, 4.69) is 22.8 Å². The molecular formula is C7H7NS. The predicted molar refractivity (Wildman–Crippen MR) is 40.8 cm³/mol. The zero-order chi connectivity index (χ0) is 6.10. The van der Waals surface area contributed by atoms with Gasteiger partial charge in [-0.15, -0.1) is 11.3 Å². The summed E-state index contributed by atoms with van der Waals surface area (Å²) < 4.78 is 0. The number of hydrogen-bond donors (Lipinski definition) is 1. The second-order valence-electron chi connectivity index (χ2n) is 2.03. The minimum atomic E-state index is 1.09. The molecule has 1 N–H and O–H groups in total. The van der Waals surface area contributed by atoms with Gasteiger partial charge in [-0.2, -0.15) is 0 Å². The number of hydrogen-bond acceptors (Lipinski definition) is 2. The summed E-state index contributed by atoms with van der Waals surface area (Å²) in [5.74, 6) is 0. The van der Waals surface area contributed by atoms with Gasteiger partial charge in [0.25, 0.3) is 0 Å². The first kappa shape index (κ1) is 5.06. The van der Waals surface area contributed by atoms with Crippen molar-refractivity contribution in [1.82, 2.24) is 0 Å². The van der Waals surface area contributed by atoms with Crippen LogP contribution in [0.25, 0.3) is 0 Å². The summed E-state index contributed by atoms with van der Waals surface area (Å²) in [5.41, 5.74) is 1.42. The lowest BCUT2D eigenvalue weighted by atomic mass is 10.2. The van der Waals surface area contributed by atoms with Crippen LogP contribution >= 0.6 is 11.3 Å². The molecule has 0 fully saturated rings. The van der Waals surface area contributed by atoms with E-state index in [-0.39, 0.29) is 0 Å². The molecule has 1 aliphatic heterocycles. The summed E-state index contributed by atoms with van der Waals surface area (Å²) in [4.78, 5) is 0. The van der Waals surface area contributed by atoms with Gasteiger partial charge in [0.15, 0.2) is 0 Å². The predicted octanol–water partition coefficient (Wildman–Crippen LogP) is 2.23. The quantitative estimate of drug-likeness (QED) is 0.578. The summed E-state index contributed by atoms with van der Waals surface area (Å²) in [6, 6.07) is 2.16. The third-order valence-electron chi connectivity index (χ3n) is 1.42. The molecule has 46 valence electrons. The van der Waals surface area contributed by atoms with Crippen LogP contribution < -0.4 is 5.32 Å². The zero-order valence-corrected chi connectivity index (χ0v) is 5.74. The molecule has 1 aromatic heterocycles. The Bertz CT molecular complexity index is 214. The molecule has 1 aromatic rings. The van der Waals surface area contributed by atoms with Gasteiger partial charge < -0.3 is 5.32 Å². The number of allylic oxidation sites excluding steroid dienone is 1. The van der Waals surface area contributed by atoms with Gasteiger partial charge in [0.2, 0.25) is 0 Å². The zero-order valence-electron chi connectivity index (χ0n) is 4.92. The maximum Gasteiger partial charge on any atom is 0.0957 e. The molecule has 9 heavy (non-hydrogen) atoms. The van der Waals surface area contributed by atoms with Crippen molar-refractivity contribution < 1.29 is 0 Å². The topological polar surface area (TPSA) is 12.0 Å². The van der Waals surface area contributed by atoms with Crippen LogP contribution in [-0.4, -0.2) is 0 Å². The average Bonchev–Trinajstić information content (AvgIpc) is 2.33. The fourth-order valence-corrected chi connectivity index (χ4v) is 1.75. The van der Waals surface area contributed by atoms with Gasteiger partial charge in [-0.25, -0.2) is 0 Å². The fraction of sp³-hybridized carbons (Fsp3) is 0.143. The first-order valence-electron chi connectivity index (χ1n) is 2.95. The van der Waals surface area contributed by atoms with Crippen molar-refractivity contribution in [1.29, 1.82) is 0 Å². The lowest BCUT2D eigenvalue weighted by Crippen LogP contribution is -1.94. The Labute approximate surface area is 58.0 Å². The van der Waals surface area contributed by atoms with Gasteiger partial charge in [0, 0.05) is 0 Å². The summed E-state index contributed by atoms with van der Waals surface area (Å²) in [5, 5.41) is 6.60. The fourth-order valence-electron chi connectivity index (χ4n) is 0.944. The molecule has 2 rings (SSSR count). The molecule has 0 aliphatic carbocycles. The molecule has 0 radical (unpaired) electrons. The molecule has 2 heterocycles. The highest BCUT2D eigenvalue weighted by atomic mass is 32.1. The van der Waals surface area contributed by atoms with E-state index in [1.165, 1.54) is 10.6 Å². The minimum absolute atomic E-state index is 1.09. The molecule has 0 saturated carbocycles. The Morgan fingerprint density at radius 3 is 3.44 bits per heavy atom. The maximum absolute atomic E-state index is 3.18. The van der Waals surface area contributed by atoms with E-state index in [0.29, 0.717) is 0 Å². The molecule has 0 amide bonds. The normalized spacial score (nSPS) is 14.7. The Morgan fingerprint density at radius 1 is 1.56 bits per heavy atom. The van der Waals surface area contributed by atoms with E-state index in [9.17, 15) is 0 Å². The third kappa shape index (κ3) is 0.754. The van der Waals surface area contributed by atoms with Crippen molar-refractivity contribution in [3.8, 4) is 0 Å². The molecule has 0 bridgehead atoms. The number of fused-ring (bicyclic) bond motifs is 1. The Balaban J connectivity index is 2.46. The third-order valence-corrected chi connectivity index (χ3v) is 2.30. The molecule has 0 spiro atoms. The van der Waals surface area contributed by atoms with Gasteiger partial charge in [-0.05, 0) is 29.6 Å². The van der Waals surface area contributed by atoms with Gasteiger partial charge in [0.1, 0.15) is 0 Å². The summed E-state index contributed by atoms with van der Waals surface area (Å²) in [6.45, 7) is 0. The number of thiophene rings is 1. The number of rotatable bonds is 0. The molecule has 1 aliphatic rings. The van der Waals surface area contributed by atoms with Gasteiger partial charge >= 0.3 is 0 Å². The van der Waals surface area contributed by atoms with Crippen molar-refractivity contribution >= 4 is 16.3 Å². The van der Waals surface area contributed by atoms with Crippen LogP contribution in [0.2, 0.25) is 0 Å². The van der Waals surface area contributed by atoms with E-state index in [1.54, 1.807) is 11.3 Å². The van der Waals surface area contributed by atoms with Crippen LogP contribution in [0.15, 0.2) is 23.7 Å². The number of anilines is 1. The van der Waals surface area contributed by atoms with E-state index < -0.39 is 0 Å². The highest BCUT2D eigenvalue weighted by Crippen LogP contribution is 2.25. The van der Waals surface area contributed by atoms with E-state index in [1.807, 2.05) is 6.20 Å². The molecule has 1 nitrogen and oxygen atoms in total. The van der Waals surface area contributed by atoms with Crippen LogP contribution in [-0.2, 0) is 6.42 Å². The lowest BCUT2D eigenvalue weighted by Gasteiger charge is -2.04. The lowest BCUT2D eigenvalue weighted by molar-refractivity contribution is 1.25. The largest absolute Gasteiger partial charge is 0.354 e. The molecule has 0 saturated heterocycles. The van der Waals surface area contributed by atoms with E-state index in [4.69, 9.17) is 0 Å². The van der Waals surface area contributed by atoms with Crippen molar-refractivity contribution in [2.24, 2.45) is 0 Å². The highest BCUT2D eigenvalue weighted by Gasteiger charge is 2.02.